The van der Waals surface area contributed by atoms with Crippen LogP contribution in [0, 0.1) is 0 Å². The van der Waals surface area contributed by atoms with Gasteiger partial charge in [0, 0.05) is 22.7 Å². The molecule has 0 saturated carbocycles. The van der Waals surface area contributed by atoms with Gasteiger partial charge in [0.05, 0.1) is 7.11 Å². The van der Waals surface area contributed by atoms with Crippen molar-refractivity contribution in [1.29, 1.82) is 0 Å². The minimum Gasteiger partial charge on any atom is -0.493 e. The van der Waals surface area contributed by atoms with Gasteiger partial charge in [-0.3, -0.25) is 0 Å². The highest BCUT2D eigenvalue weighted by Crippen LogP contribution is 2.36. The third-order valence-corrected chi connectivity index (χ3v) is 2.28. The Labute approximate surface area is 103 Å². The minimum atomic E-state index is -2.92. The third kappa shape index (κ3) is 4.02. The zero-order chi connectivity index (χ0) is 13.0. The summed E-state index contributed by atoms with van der Waals surface area (Å²) in [6.45, 7) is -1.16. The van der Waals surface area contributed by atoms with E-state index >= 15 is 0 Å². The van der Waals surface area contributed by atoms with Crippen molar-refractivity contribution >= 4 is 11.6 Å². The van der Waals surface area contributed by atoms with E-state index in [1.54, 1.807) is 13.0 Å². The Morgan fingerprint density at radius 2 is 2.06 bits per heavy atom. The van der Waals surface area contributed by atoms with Crippen LogP contribution in [-0.2, 0) is 6.42 Å². The van der Waals surface area contributed by atoms with E-state index in [0.29, 0.717) is 17.0 Å². The van der Waals surface area contributed by atoms with Crippen LogP contribution in [0.5, 0.6) is 11.5 Å². The number of benzene rings is 1. The van der Waals surface area contributed by atoms with Crippen molar-refractivity contribution in [2.75, 3.05) is 7.11 Å². The largest absolute Gasteiger partial charge is 0.493 e. The summed E-state index contributed by atoms with van der Waals surface area (Å²) in [5, 5.41) is 0.388. The molecular weight excluding hydrogens is 252 g/mol. The fraction of sp³-hybridized carbons (Fsp3) is 0.455. The highest BCUT2D eigenvalue weighted by molar-refractivity contribution is 6.30. The van der Waals surface area contributed by atoms with Crippen LogP contribution >= 0.6 is 11.6 Å². The van der Waals surface area contributed by atoms with E-state index in [1.165, 1.54) is 13.2 Å². The van der Waals surface area contributed by atoms with E-state index < -0.39 is 6.61 Å². The third-order valence-electron chi connectivity index (χ3n) is 2.07. The monoisotopic (exact) mass is 265 g/mol. The second-order valence-electron chi connectivity index (χ2n) is 3.66. The zero-order valence-corrected chi connectivity index (χ0v) is 10.3. The molecule has 3 nitrogen and oxygen atoms in total. The number of hydrogen-bond donors (Lipinski definition) is 1. The Hall–Kier alpha value is -1.07. The number of alkyl halides is 2. The maximum atomic E-state index is 12.3. The van der Waals surface area contributed by atoms with Crippen LogP contribution in [0.25, 0.3) is 0 Å². The van der Waals surface area contributed by atoms with Crippen molar-refractivity contribution in [1.82, 2.24) is 0 Å². The molecule has 17 heavy (non-hydrogen) atoms. The summed E-state index contributed by atoms with van der Waals surface area (Å²) >= 11 is 5.86. The number of methoxy groups -OCH3 is 1. The number of nitrogens with two attached hydrogens (primary N) is 1. The molecule has 0 fully saturated rings. The van der Waals surface area contributed by atoms with Crippen LogP contribution in [0.3, 0.4) is 0 Å². The molecule has 0 bridgehead atoms. The standard InChI is InChI=1S/C11H14ClF2NO2/c1-6(15)3-7-4-8(12)5-9(16-2)10(7)17-11(13)14/h4-6,11H,3,15H2,1-2H3. The predicted molar refractivity (Wildman–Crippen MR) is 62.0 cm³/mol. The Morgan fingerprint density at radius 3 is 2.53 bits per heavy atom. The van der Waals surface area contributed by atoms with Crippen molar-refractivity contribution in [3.8, 4) is 11.5 Å². The van der Waals surface area contributed by atoms with E-state index in [9.17, 15) is 8.78 Å². The molecule has 96 valence electrons. The van der Waals surface area contributed by atoms with Crippen molar-refractivity contribution in [2.45, 2.75) is 26.0 Å². The first-order valence-corrected chi connectivity index (χ1v) is 5.38. The van der Waals surface area contributed by atoms with Crippen molar-refractivity contribution in [2.24, 2.45) is 5.73 Å². The summed E-state index contributed by atoms with van der Waals surface area (Å²) in [7, 11) is 1.36. The molecule has 0 amide bonds. The Kier molecular flexibility index (Phi) is 4.96. The van der Waals surface area contributed by atoms with Gasteiger partial charge in [0.15, 0.2) is 11.5 Å². The summed E-state index contributed by atoms with van der Waals surface area (Å²) in [6.07, 6.45) is 0.374. The maximum absolute atomic E-state index is 12.3. The van der Waals surface area contributed by atoms with Gasteiger partial charge in [0.1, 0.15) is 0 Å². The smallest absolute Gasteiger partial charge is 0.387 e. The summed E-state index contributed by atoms with van der Waals surface area (Å²) in [5.41, 5.74) is 6.14. The molecule has 0 radical (unpaired) electrons. The van der Waals surface area contributed by atoms with E-state index in [1.807, 2.05) is 0 Å². The average molecular weight is 266 g/mol. The quantitative estimate of drug-likeness (QED) is 0.890. The van der Waals surface area contributed by atoms with Crippen molar-refractivity contribution in [3.05, 3.63) is 22.7 Å². The number of hydrogen-bond acceptors (Lipinski definition) is 3. The first-order valence-electron chi connectivity index (χ1n) is 5.00. The predicted octanol–water partition coefficient (Wildman–Crippen LogP) is 2.84. The lowest BCUT2D eigenvalue weighted by molar-refractivity contribution is -0.0518. The van der Waals surface area contributed by atoms with Crippen LogP contribution in [-0.4, -0.2) is 19.8 Å². The SMILES string of the molecule is COc1cc(Cl)cc(CC(C)N)c1OC(F)F. The molecule has 2 N–H and O–H groups in total. The molecular formula is C11H14ClF2NO2. The normalized spacial score (nSPS) is 12.6. The molecule has 0 spiro atoms. The molecule has 1 unspecified atom stereocenters. The Balaban J connectivity index is 3.18. The maximum Gasteiger partial charge on any atom is 0.387 e. The molecule has 1 aromatic carbocycles. The summed E-state index contributed by atoms with van der Waals surface area (Å²) in [5.74, 6) is 0.164. The molecule has 6 heteroatoms. The second kappa shape index (κ2) is 6.02. The lowest BCUT2D eigenvalue weighted by atomic mass is 10.1. The van der Waals surface area contributed by atoms with Crippen LogP contribution in [0.2, 0.25) is 5.02 Å². The van der Waals surface area contributed by atoms with Gasteiger partial charge in [-0.15, -0.1) is 0 Å². The fourth-order valence-electron chi connectivity index (χ4n) is 1.50. The molecule has 1 atom stereocenters. The molecule has 1 aromatic rings. The molecule has 0 aliphatic heterocycles. The zero-order valence-electron chi connectivity index (χ0n) is 9.54. The molecule has 0 saturated heterocycles. The fourth-order valence-corrected chi connectivity index (χ4v) is 1.73. The van der Waals surface area contributed by atoms with Crippen molar-refractivity contribution in [3.63, 3.8) is 0 Å². The van der Waals surface area contributed by atoms with Crippen LogP contribution in [0.15, 0.2) is 12.1 Å². The van der Waals surface area contributed by atoms with Gasteiger partial charge < -0.3 is 15.2 Å². The number of rotatable bonds is 5. The van der Waals surface area contributed by atoms with E-state index in [0.717, 1.165) is 0 Å². The highest BCUT2D eigenvalue weighted by Gasteiger charge is 2.17. The van der Waals surface area contributed by atoms with Gasteiger partial charge in [-0.25, -0.2) is 0 Å². The van der Waals surface area contributed by atoms with E-state index in [-0.39, 0.29) is 17.5 Å². The van der Waals surface area contributed by atoms with Gasteiger partial charge in [-0.1, -0.05) is 11.6 Å². The summed E-state index contributed by atoms with van der Waals surface area (Å²) < 4.78 is 34.0. The molecule has 0 aliphatic carbocycles. The average Bonchev–Trinajstić information content (AvgIpc) is 2.20. The second-order valence-corrected chi connectivity index (χ2v) is 4.09. The Bertz CT molecular complexity index is 386. The minimum absolute atomic E-state index is 0.01000. The molecule has 0 heterocycles. The molecule has 0 aromatic heterocycles. The summed E-state index contributed by atoms with van der Waals surface area (Å²) in [4.78, 5) is 0. The Morgan fingerprint density at radius 1 is 1.41 bits per heavy atom. The van der Waals surface area contributed by atoms with Gasteiger partial charge in [0.2, 0.25) is 0 Å². The van der Waals surface area contributed by atoms with Crippen molar-refractivity contribution < 1.29 is 18.3 Å². The van der Waals surface area contributed by atoms with E-state index in [4.69, 9.17) is 22.1 Å². The topological polar surface area (TPSA) is 44.5 Å². The van der Waals surface area contributed by atoms with Gasteiger partial charge in [0.25, 0.3) is 0 Å². The first kappa shape index (κ1) is 14.0. The van der Waals surface area contributed by atoms with Crippen LogP contribution in [0.1, 0.15) is 12.5 Å². The highest BCUT2D eigenvalue weighted by atomic mass is 35.5. The first-order chi connectivity index (χ1) is 7.93. The van der Waals surface area contributed by atoms with Crippen LogP contribution in [0.4, 0.5) is 8.78 Å². The molecule has 0 aliphatic rings. The lowest BCUT2D eigenvalue weighted by Crippen LogP contribution is -2.19. The number of ether oxygens (including phenoxy) is 2. The lowest BCUT2D eigenvalue weighted by Gasteiger charge is -2.16. The summed E-state index contributed by atoms with van der Waals surface area (Å²) in [6, 6.07) is 2.77. The number of halogens is 3. The van der Waals surface area contributed by atoms with E-state index in [2.05, 4.69) is 4.74 Å². The van der Waals surface area contributed by atoms with Gasteiger partial charge in [-0.2, -0.15) is 8.78 Å². The van der Waals surface area contributed by atoms with Gasteiger partial charge in [-0.05, 0) is 19.4 Å². The van der Waals surface area contributed by atoms with Crippen LogP contribution < -0.4 is 15.2 Å². The van der Waals surface area contributed by atoms with Gasteiger partial charge >= 0.3 is 6.61 Å². The molecule has 1 rings (SSSR count).